The molecule has 1 fully saturated rings. The molecule has 1 saturated carbocycles. The van der Waals surface area contributed by atoms with Gasteiger partial charge < -0.3 is 39.9 Å². The molecule has 0 aromatic carbocycles. The van der Waals surface area contributed by atoms with Crippen molar-refractivity contribution in [2.45, 2.75) is 262 Å². The predicted molar refractivity (Wildman–Crippen MR) is 258 cm³/mol. The van der Waals surface area contributed by atoms with Gasteiger partial charge in [0.05, 0.1) is 13.2 Å². The van der Waals surface area contributed by atoms with Crippen molar-refractivity contribution in [3.63, 3.8) is 0 Å². The number of aliphatic hydroxyl groups excluding tert-OH is 5. The van der Waals surface area contributed by atoms with Crippen LogP contribution in [0, 0.1) is 0 Å². The van der Waals surface area contributed by atoms with Crippen LogP contribution in [-0.2, 0) is 27.9 Å². The molecular weight excluding hydrogens is 836 g/mol. The normalized spacial score (nSPS) is 21.9. The average Bonchev–Trinajstić information content (AvgIpc) is 3.28. The smallest absolute Gasteiger partial charge is 0.457 e. The highest BCUT2D eigenvalue weighted by molar-refractivity contribution is 7.47. The number of hydrogen-bond acceptors (Lipinski definition) is 11. The molecule has 13 heteroatoms. The van der Waals surface area contributed by atoms with E-state index in [-0.39, 0.29) is 13.0 Å². The standard InChI is InChI=1S/C51H95O12P/c1-3-5-7-9-11-13-15-17-18-19-20-21-22-23-24-25-26-27-29-31-33-35-37-39-41-60-42-44(43-61-64(58,59)63-51-49(56)47(54)46(53)48(55)50(51)57)62-45(52)40-38-36-34-32-30-28-16-14-12-10-8-6-4-2/h8,10,14,16,19-20,44,46-51,53-57H,3-7,9,11-13,15,17-18,21-43H2,1-2H3,(H,58,59)/b10-8-,16-14-,20-19-. The van der Waals surface area contributed by atoms with Crippen molar-refractivity contribution in [1.29, 1.82) is 0 Å². The number of phosphoric acid groups is 1. The fraction of sp³-hybridized carbons (Fsp3) is 0.863. The lowest BCUT2D eigenvalue weighted by Crippen LogP contribution is -2.64. The van der Waals surface area contributed by atoms with Crippen molar-refractivity contribution >= 4 is 13.8 Å². The number of carbonyl (C=O) groups excluding carboxylic acids is 1. The summed E-state index contributed by atoms with van der Waals surface area (Å²) >= 11 is 0. The molecule has 0 spiro atoms. The Morgan fingerprint density at radius 3 is 1.39 bits per heavy atom. The first-order chi connectivity index (χ1) is 31.0. The van der Waals surface area contributed by atoms with E-state index >= 15 is 0 Å². The number of esters is 1. The summed E-state index contributed by atoms with van der Waals surface area (Å²) in [7, 11) is -5.02. The molecule has 0 radical (unpaired) electrons. The fourth-order valence-electron chi connectivity index (χ4n) is 7.86. The molecule has 0 amide bonds. The Kier molecular flexibility index (Phi) is 39.5. The van der Waals surface area contributed by atoms with Gasteiger partial charge in [-0.3, -0.25) is 13.8 Å². The maximum Gasteiger partial charge on any atom is 0.472 e. The quantitative estimate of drug-likeness (QED) is 0.0147. The summed E-state index contributed by atoms with van der Waals surface area (Å²) in [6.45, 7) is 4.20. The third kappa shape index (κ3) is 33.1. The van der Waals surface area contributed by atoms with E-state index in [0.717, 1.165) is 70.6 Å². The number of carbonyl (C=O) groups is 1. The highest BCUT2D eigenvalue weighted by Gasteiger charge is 2.51. The van der Waals surface area contributed by atoms with Crippen LogP contribution in [0.2, 0.25) is 0 Å². The zero-order chi connectivity index (χ0) is 46.9. The largest absolute Gasteiger partial charge is 0.472 e. The Hall–Kier alpha value is -1.44. The minimum atomic E-state index is -5.02. The van der Waals surface area contributed by atoms with E-state index in [0.29, 0.717) is 13.0 Å². The van der Waals surface area contributed by atoms with Crippen LogP contribution in [0.3, 0.4) is 0 Å². The van der Waals surface area contributed by atoms with Gasteiger partial charge in [-0.1, -0.05) is 185 Å². The van der Waals surface area contributed by atoms with Crippen LogP contribution in [0.5, 0.6) is 0 Å². The van der Waals surface area contributed by atoms with Crippen LogP contribution in [0.1, 0.15) is 219 Å². The van der Waals surface area contributed by atoms with Gasteiger partial charge in [-0.15, -0.1) is 0 Å². The molecule has 6 unspecified atom stereocenters. The maximum atomic E-state index is 12.8. The number of ether oxygens (including phenoxy) is 2. The lowest BCUT2D eigenvalue weighted by atomic mass is 9.85. The van der Waals surface area contributed by atoms with Crippen LogP contribution in [0.25, 0.3) is 0 Å². The molecule has 0 aliphatic heterocycles. The Morgan fingerprint density at radius 1 is 0.500 bits per heavy atom. The minimum absolute atomic E-state index is 0.0813. The fourth-order valence-corrected chi connectivity index (χ4v) is 8.83. The SMILES string of the molecule is CCC/C=C\C/C=C\CCCCCCCC(=O)OC(COCCCCCCCCCCCCCC/C=C\CCCCCCCCCC)COP(=O)(O)OC1C(O)C(O)C(O)C(O)C1O. The molecule has 376 valence electrons. The third-order valence-electron chi connectivity index (χ3n) is 12.0. The number of phosphoric ester groups is 1. The third-order valence-corrected chi connectivity index (χ3v) is 13.0. The first-order valence-electron chi connectivity index (χ1n) is 25.8. The minimum Gasteiger partial charge on any atom is -0.457 e. The molecule has 64 heavy (non-hydrogen) atoms. The summed E-state index contributed by atoms with van der Waals surface area (Å²) in [5, 5.41) is 50.2. The summed E-state index contributed by atoms with van der Waals surface area (Å²) in [6, 6.07) is 0. The van der Waals surface area contributed by atoms with E-state index in [4.69, 9.17) is 18.5 Å². The number of allylic oxidation sites excluding steroid dienone is 6. The molecule has 0 aromatic rings. The highest BCUT2D eigenvalue weighted by atomic mass is 31.2. The topological polar surface area (TPSA) is 192 Å². The Labute approximate surface area is 389 Å². The van der Waals surface area contributed by atoms with E-state index < -0.39 is 63.1 Å². The van der Waals surface area contributed by atoms with Crippen molar-refractivity contribution in [3.05, 3.63) is 36.5 Å². The molecule has 0 saturated heterocycles. The summed E-state index contributed by atoms with van der Waals surface area (Å²) < 4.78 is 34.2. The Morgan fingerprint density at radius 2 is 0.906 bits per heavy atom. The van der Waals surface area contributed by atoms with Crippen LogP contribution in [0.15, 0.2) is 36.5 Å². The lowest BCUT2D eigenvalue weighted by molar-refractivity contribution is -0.220. The van der Waals surface area contributed by atoms with Crippen molar-refractivity contribution in [3.8, 4) is 0 Å². The Balaban J connectivity index is 2.29. The summed E-state index contributed by atoms with van der Waals surface area (Å²) in [6.07, 6.45) is 38.0. The molecule has 0 aromatic heterocycles. The summed E-state index contributed by atoms with van der Waals surface area (Å²) in [5.74, 6) is -0.490. The van der Waals surface area contributed by atoms with E-state index in [1.165, 1.54) is 122 Å². The van der Waals surface area contributed by atoms with Crippen molar-refractivity contribution in [2.24, 2.45) is 0 Å². The van der Waals surface area contributed by atoms with Crippen LogP contribution in [0.4, 0.5) is 0 Å². The Bertz CT molecular complexity index is 1200. The van der Waals surface area contributed by atoms with Gasteiger partial charge in [0.15, 0.2) is 0 Å². The zero-order valence-corrected chi connectivity index (χ0v) is 41.2. The molecular formula is C51H95O12P. The van der Waals surface area contributed by atoms with Crippen LogP contribution < -0.4 is 0 Å². The number of unbranched alkanes of at least 4 members (excludes halogenated alkanes) is 26. The highest BCUT2D eigenvalue weighted by Crippen LogP contribution is 2.47. The van der Waals surface area contributed by atoms with Crippen LogP contribution in [-0.4, -0.2) is 98.9 Å². The molecule has 6 N–H and O–H groups in total. The molecule has 6 atom stereocenters. The first-order valence-corrected chi connectivity index (χ1v) is 27.3. The van der Waals surface area contributed by atoms with Gasteiger partial charge in [0.2, 0.25) is 0 Å². The number of aliphatic hydroxyl groups is 5. The van der Waals surface area contributed by atoms with Crippen molar-refractivity contribution < 1.29 is 58.3 Å². The summed E-state index contributed by atoms with van der Waals surface area (Å²) in [5.41, 5.74) is 0. The second-order valence-corrected chi connectivity index (χ2v) is 19.4. The van der Waals surface area contributed by atoms with E-state index in [1.807, 2.05) is 0 Å². The molecule has 1 rings (SSSR count). The van der Waals surface area contributed by atoms with E-state index in [2.05, 4.69) is 50.3 Å². The maximum absolute atomic E-state index is 12.8. The van der Waals surface area contributed by atoms with Gasteiger partial charge in [0, 0.05) is 13.0 Å². The van der Waals surface area contributed by atoms with E-state index in [1.54, 1.807) is 0 Å². The van der Waals surface area contributed by atoms with Gasteiger partial charge in [-0.2, -0.15) is 0 Å². The lowest BCUT2D eigenvalue weighted by Gasteiger charge is -2.41. The van der Waals surface area contributed by atoms with Gasteiger partial charge >= 0.3 is 13.8 Å². The van der Waals surface area contributed by atoms with Gasteiger partial charge in [-0.05, 0) is 64.2 Å². The number of rotatable bonds is 44. The number of hydrogen-bond donors (Lipinski definition) is 6. The van der Waals surface area contributed by atoms with Crippen molar-refractivity contribution in [1.82, 2.24) is 0 Å². The second kappa shape index (κ2) is 41.7. The second-order valence-electron chi connectivity index (χ2n) is 18.0. The van der Waals surface area contributed by atoms with E-state index in [9.17, 15) is 39.8 Å². The average molecular weight is 931 g/mol. The zero-order valence-electron chi connectivity index (χ0n) is 40.3. The predicted octanol–water partition coefficient (Wildman–Crippen LogP) is 11.4. The monoisotopic (exact) mass is 931 g/mol. The van der Waals surface area contributed by atoms with Gasteiger partial charge in [0.1, 0.15) is 42.7 Å². The molecule has 1 aliphatic rings. The molecule has 0 heterocycles. The van der Waals surface area contributed by atoms with Gasteiger partial charge in [0.25, 0.3) is 0 Å². The summed E-state index contributed by atoms with van der Waals surface area (Å²) in [4.78, 5) is 23.2. The molecule has 12 nitrogen and oxygen atoms in total. The van der Waals surface area contributed by atoms with Crippen LogP contribution >= 0.6 is 7.82 Å². The van der Waals surface area contributed by atoms with Gasteiger partial charge in [-0.25, -0.2) is 4.57 Å². The van der Waals surface area contributed by atoms with Crippen molar-refractivity contribution in [2.75, 3.05) is 19.8 Å². The molecule has 0 bridgehead atoms. The molecule has 1 aliphatic carbocycles. The first kappa shape index (κ1) is 60.6.